The van der Waals surface area contributed by atoms with Gasteiger partial charge in [-0.05, 0) is 34.4 Å². The normalized spacial score (nSPS) is 11.0. The van der Waals surface area contributed by atoms with Crippen LogP contribution in [-0.2, 0) is 0 Å². The molecule has 6 aromatic rings. The average Bonchev–Trinajstić information content (AvgIpc) is 3.03. The Morgan fingerprint density at radius 3 is 1.14 bits per heavy atom. The number of fused-ring (bicyclic) bond motifs is 2. The Morgan fingerprint density at radius 1 is 0.452 bits per heavy atom. The zero-order valence-electron chi connectivity index (χ0n) is 23.3. The van der Waals surface area contributed by atoms with Gasteiger partial charge in [0.05, 0.1) is 50.3 Å². The molecule has 0 atom stereocenters. The molecule has 6 rings (SSSR count). The zero-order chi connectivity index (χ0) is 29.4. The first-order valence-electron chi connectivity index (χ1n) is 13.0. The minimum absolute atomic E-state index is 0.385. The molecule has 2 aromatic heterocycles. The van der Waals surface area contributed by atoms with Gasteiger partial charge in [-0.15, -0.1) is 0 Å². The molecule has 0 aliphatic carbocycles. The maximum Gasteiger partial charge on any atom is 0.344 e. The Labute approximate surface area is 240 Å². The summed E-state index contributed by atoms with van der Waals surface area (Å²) in [6.07, 6.45) is 0. The standard InChI is InChI=1S/C34H26O8/c1-37-23-13-29(39-3)27-17-25(33(35)41-31(27)15-23)21-9-5-19(6-10-21)20-7-11-22(12-8-20)26-18-28-30(40-4)14-24(38-2)16-32(28)42-34(26)36/h5-18H,1-4H3. The van der Waals surface area contributed by atoms with Gasteiger partial charge >= 0.3 is 11.3 Å². The summed E-state index contributed by atoms with van der Waals surface area (Å²) in [4.78, 5) is 25.7. The summed E-state index contributed by atoms with van der Waals surface area (Å²) in [6.45, 7) is 0. The summed E-state index contributed by atoms with van der Waals surface area (Å²) >= 11 is 0. The van der Waals surface area contributed by atoms with Crippen molar-refractivity contribution in [3.63, 3.8) is 0 Å². The topological polar surface area (TPSA) is 97.3 Å². The van der Waals surface area contributed by atoms with Crippen molar-refractivity contribution >= 4 is 21.9 Å². The highest BCUT2D eigenvalue weighted by molar-refractivity contribution is 5.90. The number of methoxy groups -OCH3 is 4. The first-order valence-corrected chi connectivity index (χ1v) is 13.0. The predicted molar refractivity (Wildman–Crippen MR) is 161 cm³/mol. The van der Waals surface area contributed by atoms with Crippen LogP contribution < -0.4 is 30.2 Å². The van der Waals surface area contributed by atoms with E-state index in [4.69, 9.17) is 27.8 Å². The van der Waals surface area contributed by atoms with E-state index in [2.05, 4.69) is 0 Å². The molecule has 0 spiro atoms. The van der Waals surface area contributed by atoms with Crippen molar-refractivity contribution in [2.45, 2.75) is 0 Å². The van der Waals surface area contributed by atoms with Gasteiger partial charge in [0.25, 0.3) is 0 Å². The van der Waals surface area contributed by atoms with E-state index in [0.29, 0.717) is 67.2 Å². The van der Waals surface area contributed by atoms with Crippen LogP contribution >= 0.6 is 0 Å². The largest absolute Gasteiger partial charge is 0.496 e. The van der Waals surface area contributed by atoms with Gasteiger partial charge in [0.2, 0.25) is 0 Å². The minimum atomic E-state index is -0.459. The lowest BCUT2D eigenvalue weighted by Crippen LogP contribution is -2.03. The number of benzene rings is 4. The van der Waals surface area contributed by atoms with Crippen LogP contribution in [0.1, 0.15) is 0 Å². The number of hydrogen-bond donors (Lipinski definition) is 0. The van der Waals surface area contributed by atoms with E-state index in [1.165, 1.54) is 14.2 Å². The predicted octanol–water partition coefficient (Wildman–Crippen LogP) is 6.93. The average molecular weight is 563 g/mol. The van der Waals surface area contributed by atoms with Gasteiger partial charge < -0.3 is 27.8 Å². The lowest BCUT2D eigenvalue weighted by atomic mass is 9.98. The molecule has 0 fully saturated rings. The molecule has 8 nitrogen and oxygen atoms in total. The van der Waals surface area contributed by atoms with Crippen LogP contribution in [0.15, 0.2) is 103 Å². The highest BCUT2D eigenvalue weighted by Crippen LogP contribution is 2.35. The van der Waals surface area contributed by atoms with Crippen LogP contribution in [-0.4, -0.2) is 28.4 Å². The van der Waals surface area contributed by atoms with Crippen molar-refractivity contribution in [2.24, 2.45) is 0 Å². The maximum absolute atomic E-state index is 12.8. The quantitative estimate of drug-likeness (QED) is 0.193. The van der Waals surface area contributed by atoms with Crippen molar-refractivity contribution in [3.05, 3.63) is 106 Å². The third-order valence-electron chi connectivity index (χ3n) is 7.21. The highest BCUT2D eigenvalue weighted by atomic mass is 16.5. The monoisotopic (exact) mass is 562 g/mol. The first-order chi connectivity index (χ1) is 20.4. The summed E-state index contributed by atoms with van der Waals surface area (Å²) in [5.41, 5.74) is 4.00. The van der Waals surface area contributed by atoms with Crippen molar-refractivity contribution in [2.75, 3.05) is 28.4 Å². The molecule has 0 unspecified atom stereocenters. The molecule has 8 heteroatoms. The molecule has 0 aliphatic rings. The molecule has 4 aromatic carbocycles. The lowest BCUT2D eigenvalue weighted by Gasteiger charge is -2.10. The summed E-state index contributed by atoms with van der Waals surface area (Å²) < 4.78 is 32.7. The molecule has 0 N–H and O–H groups in total. The molecule has 0 saturated carbocycles. The molecule has 0 bridgehead atoms. The molecule has 0 aliphatic heterocycles. The van der Waals surface area contributed by atoms with Crippen molar-refractivity contribution < 1.29 is 27.8 Å². The van der Waals surface area contributed by atoms with E-state index in [1.54, 1.807) is 50.6 Å². The Hall–Kier alpha value is -5.50. The van der Waals surface area contributed by atoms with E-state index in [0.717, 1.165) is 11.1 Å². The SMILES string of the molecule is COc1cc(OC)c2cc(-c3ccc(-c4ccc(-c5cc6c(OC)cc(OC)cc6oc5=O)cc4)cc3)c(=O)oc2c1. The Bertz CT molecular complexity index is 1900. The fourth-order valence-electron chi connectivity index (χ4n) is 4.98. The van der Waals surface area contributed by atoms with Crippen molar-refractivity contribution in [1.82, 2.24) is 0 Å². The van der Waals surface area contributed by atoms with Crippen LogP contribution in [0.4, 0.5) is 0 Å². The van der Waals surface area contributed by atoms with Crippen molar-refractivity contribution in [1.29, 1.82) is 0 Å². The van der Waals surface area contributed by atoms with E-state index in [-0.39, 0.29) is 0 Å². The number of hydrogen-bond acceptors (Lipinski definition) is 8. The van der Waals surface area contributed by atoms with E-state index < -0.39 is 11.3 Å². The molecule has 42 heavy (non-hydrogen) atoms. The van der Waals surface area contributed by atoms with E-state index in [1.807, 2.05) is 48.5 Å². The Morgan fingerprint density at radius 2 is 0.810 bits per heavy atom. The second-order valence-corrected chi connectivity index (χ2v) is 9.53. The summed E-state index contributed by atoms with van der Waals surface area (Å²) in [5, 5.41) is 1.34. The van der Waals surface area contributed by atoms with Gasteiger partial charge in [-0.2, -0.15) is 0 Å². The molecular formula is C34H26O8. The van der Waals surface area contributed by atoms with E-state index >= 15 is 0 Å². The molecule has 0 saturated heterocycles. The molecular weight excluding hydrogens is 536 g/mol. The van der Waals surface area contributed by atoms with Gasteiger partial charge in [-0.3, -0.25) is 0 Å². The Kier molecular flexibility index (Phi) is 6.88. The molecule has 0 amide bonds. The molecule has 210 valence electrons. The lowest BCUT2D eigenvalue weighted by molar-refractivity contribution is 0.395. The van der Waals surface area contributed by atoms with Crippen LogP contribution in [0, 0.1) is 0 Å². The van der Waals surface area contributed by atoms with Crippen LogP contribution in [0.3, 0.4) is 0 Å². The van der Waals surface area contributed by atoms with E-state index in [9.17, 15) is 9.59 Å². The minimum Gasteiger partial charge on any atom is -0.496 e. The Balaban J connectivity index is 1.32. The third kappa shape index (κ3) is 4.73. The van der Waals surface area contributed by atoms with Gasteiger partial charge in [0, 0.05) is 24.3 Å². The molecule has 0 radical (unpaired) electrons. The number of rotatable bonds is 7. The summed E-state index contributed by atoms with van der Waals surface area (Å²) in [7, 11) is 6.19. The highest BCUT2D eigenvalue weighted by Gasteiger charge is 2.15. The van der Waals surface area contributed by atoms with Gasteiger partial charge in [-0.25, -0.2) is 9.59 Å². The summed E-state index contributed by atoms with van der Waals surface area (Å²) in [5.74, 6) is 2.16. The maximum atomic E-state index is 12.8. The van der Waals surface area contributed by atoms with Gasteiger partial charge in [0.15, 0.2) is 0 Å². The first kappa shape index (κ1) is 26.7. The fraction of sp³-hybridized carbons (Fsp3) is 0.118. The third-order valence-corrected chi connectivity index (χ3v) is 7.21. The van der Waals surface area contributed by atoms with Crippen LogP contribution in [0.2, 0.25) is 0 Å². The van der Waals surface area contributed by atoms with Crippen LogP contribution in [0.5, 0.6) is 23.0 Å². The number of ether oxygens (including phenoxy) is 4. The van der Waals surface area contributed by atoms with Gasteiger partial charge in [0.1, 0.15) is 34.2 Å². The second-order valence-electron chi connectivity index (χ2n) is 9.53. The van der Waals surface area contributed by atoms with Crippen molar-refractivity contribution in [3.8, 4) is 56.4 Å². The smallest absolute Gasteiger partial charge is 0.344 e. The summed E-state index contributed by atoms with van der Waals surface area (Å²) in [6, 6.07) is 25.6. The fourth-order valence-corrected chi connectivity index (χ4v) is 4.98. The van der Waals surface area contributed by atoms with Crippen LogP contribution in [0.25, 0.3) is 55.3 Å². The second kappa shape index (κ2) is 10.8. The molecule has 2 heterocycles. The van der Waals surface area contributed by atoms with Gasteiger partial charge in [-0.1, -0.05) is 48.5 Å². The zero-order valence-corrected chi connectivity index (χ0v) is 23.3.